The van der Waals surface area contributed by atoms with Gasteiger partial charge in [0, 0.05) is 6.42 Å². The van der Waals surface area contributed by atoms with Gasteiger partial charge in [0.2, 0.25) is 11.8 Å². The number of nitrogens with two attached hydrogens (primary N) is 2. The van der Waals surface area contributed by atoms with Crippen LogP contribution in [0.2, 0.25) is 0 Å². The van der Waals surface area contributed by atoms with Crippen molar-refractivity contribution in [2.45, 2.75) is 35.8 Å². The van der Waals surface area contributed by atoms with Crippen molar-refractivity contribution in [2.24, 2.45) is 11.5 Å². The molecule has 0 spiro atoms. The number of hydrogen-bond donors (Lipinski definition) is 2. The van der Waals surface area contributed by atoms with Crippen molar-refractivity contribution in [1.82, 2.24) is 4.98 Å². The molecule has 5 nitrogen and oxygen atoms in total. The number of carbonyl (C=O) groups excluding carboxylic acids is 2. The number of para-hydroxylation sites is 1. The molecule has 1 atom stereocenters. The molecule has 2 aromatic rings. The molecule has 7 heteroatoms. The first-order chi connectivity index (χ1) is 9.88. The zero-order valence-electron chi connectivity index (χ0n) is 11.8. The summed E-state index contributed by atoms with van der Waals surface area (Å²) in [7, 11) is 0. The number of carbonyl (C=O) groups is 2. The molecule has 21 heavy (non-hydrogen) atoms. The molecule has 1 aromatic carbocycles. The van der Waals surface area contributed by atoms with Crippen LogP contribution in [0.4, 0.5) is 0 Å². The summed E-state index contributed by atoms with van der Waals surface area (Å²) in [5.74, 6) is -0.733. The molecule has 0 saturated heterocycles. The Balaban J connectivity index is 2.32. The highest BCUT2D eigenvalue weighted by Crippen LogP contribution is 2.35. The Kier molecular flexibility index (Phi) is 4.84. The first kappa shape index (κ1) is 15.8. The van der Waals surface area contributed by atoms with E-state index in [0.717, 1.165) is 14.6 Å². The average Bonchev–Trinajstić information content (AvgIpc) is 2.78. The number of primary amides is 2. The maximum atomic E-state index is 11.4. The molecular formula is C14H17N3O2S2. The summed E-state index contributed by atoms with van der Waals surface area (Å²) in [6, 6.07) is 6.05. The Labute approximate surface area is 131 Å². The van der Waals surface area contributed by atoms with Crippen LogP contribution in [0, 0.1) is 0 Å². The lowest BCUT2D eigenvalue weighted by molar-refractivity contribution is -0.122. The summed E-state index contributed by atoms with van der Waals surface area (Å²) in [6.07, 6.45) is -0.0764. The molecule has 1 heterocycles. The quantitative estimate of drug-likeness (QED) is 0.796. The maximum Gasteiger partial charge on any atom is 0.231 e. The smallest absolute Gasteiger partial charge is 0.231 e. The molecule has 0 bridgehead atoms. The molecule has 0 aliphatic heterocycles. The van der Waals surface area contributed by atoms with Crippen molar-refractivity contribution in [2.75, 3.05) is 0 Å². The minimum Gasteiger partial charge on any atom is -0.370 e. The van der Waals surface area contributed by atoms with Crippen molar-refractivity contribution in [3.8, 4) is 0 Å². The minimum absolute atomic E-state index is 0.0764. The third-order valence-corrected chi connectivity index (χ3v) is 5.33. The monoisotopic (exact) mass is 323 g/mol. The lowest BCUT2D eigenvalue weighted by atomic mass is 10.0. The fourth-order valence-electron chi connectivity index (χ4n) is 1.97. The Morgan fingerprint density at radius 2 is 2.05 bits per heavy atom. The Hall–Kier alpha value is -1.60. The largest absolute Gasteiger partial charge is 0.370 e. The molecule has 0 aliphatic carbocycles. The van der Waals surface area contributed by atoms with Gasteiger partial charge in [-0.2, -0.15) is 0 Å². The second kappa shape index (κ2) is 6.44. The predicted molar refractivity (Wildman–Crippen MR) is 86.4 cm³/mol. The van der Waals surface area contributed by atoms with Crippen molar-refractivity contribution >= 4 is 45.1 Å². The second-order valence-corrected chi connectivity index (χ2v) is 7.49. The van der Waals surface area contributed by atoms with Crippen LogP contribution >= 0.6 is 23.1 Å². The lowest BCUT2D eigenvalue weighted by Crippen LogP contribution is -2.30. The third kappa shape index (κ3) is 3.74. The first-order valence-electron chi connectivity index (χ1n) is 6.52. The van der Waals surface area contributed by atoms with Crippen molar-refractivity contribution in [3.05, 3.63) is 23.8 Å². The summed E-state index contributed by atoms with van der Waals surface area (Å²) in [5.41, 5.74) is 12.6. The summed E-state index contributed by atoms with van der Waals surface area (Å²) < 4.78 is 1.79. The number of rotatable bonds is 6. The third-order valence-electron chi connectivity index (χ3n) is 3.00. The topological polar surface area (TPSA) is 99.1 Å². The molecule has 1 unspecified atom stereocenters. The van der Waals surface area contributed by atoms with Crippen LogP contribution in [0.5, 0.6) is 0 Å². The van der Waals surface area contributed by atoms with E-state index in [-0.39, 0.29) is 6.42 Å². The van der Waals surface area contributed by atoms with Crippen LogP contribution in [0.15, 0.2) is 22.5 Å². The molecular weight excluding hydrogens is 306 g/mol. The number of amides is 2. The molecule has 0 radical (unpaired) electrons. The lowest BCUT2D eigenvalue weighted by Gasteiger charge is -2.08. The van der Waals surface area contributed by atoms with Crippen molar-refractivity contribution in [3.63, 3.8) is 0 Å². The van der Waals surface area contributed by atoms with E-state index < -0.39 is 17.1 Å². The molecule has 0 saturated carbocycles. The number of aromatic nitrogens is 1. The summed E-state index contributed by atoms with van der Waals surface area (Å²) in [6.45, 7) is 4.22. The highest BCUT2D eigenvalue weighted by Gasteiger charge is 2.22. The van der Waals surface area contributed by atoms with Gasteiger partial charge in [-0.1, -0.05) is 37.7 Å². The van der Waals surface area contributed by atoms with Crippen LogP contribution < -0.4 is 11.5 Å². The van der Waals surface area contributed by atoms with Crippen molar-refractivity contribution in [1.29, 1.82) is 0 Å². The van der Waals surface area contributed by atoms with Gasteiger partial charge >= 0.3 is 0 Å². The Morgan fingerprint density at radius 1 is 1.33 bits per heavy atom. The number of hydrogen-bond acceptors (Lipinski definition) is 5. The summed E-state index contributed by atoms with van der Waals surface area (Å²) in [5, 5.41) is -0.675. The molecule has 2 amide bonds. The number of thiazole rings is 1. The zero-order chi connectivity index (χ0) is 15.6. The van der Waals surface area contributed by atoms with E-state index in [9.17, 15) is 9.59 Å². The molecule has 1 aromatic heterocycles. The second-order valence-electron chi connectivity index (χ2n) is 5.01. The van der Waals surface area contributed by atoms with Crippen LogP contribution in [-0.4, -0.2) is 22.0 Å². The van der Waals surface area contributed by atoms with Gasteiger partial charge in [-0.05, 0) is 17.5 Å². The van der Waals surface area contributed by atoms with Crippen LogP contribution in [0.25, 0.3) is 10.2 Å². The predicted octanol–water partition coefficient (Wildman–Crippen LogP) is 2.24. The molecule has 112 valence electrons. The first-order valence-corrected chi connectivity index (χ1v) is 8.21. The van der Waals surface area contributed by atoms with E-state index >= 15 is 0 Å². The molecule has 2 rings (SSSR count). The van der Waals surface area contributed by atoms with Gasteiger partial charge < -0.3 is 11.5 Å². The zero-order valence-corrected chi connectivity index (χ0v) is 13.5. The van der Waals surface area contributed by atoms with Crippen LogP contribution in [-0.2, 0) is 9.59 Å². The highest BCUT2D eigenvalue weighted by molar-refractivity contribution is 8.02. The Morgan fingerprint density at radius 3 is 2.62 bits per heavy atom. The fourth-order valence-corrected chi connectivity index (χ4v) is 4.26. The van der Waals surface area contributed by atoms with E-state index in [0.29, 0.717) is 5.92 Å². The van der Waals surface area contributed by atoms with Gasteiger partial charge in [0.05, 0.1) is 15.5 Å². The van der Waals surface area contributed by atoms with E-state index in [2.05, 4.69) is 24.9 Å². The van der Waals surface area contributed by atoms with Gasteiger partial charge in [0.25, 0.3) is 0 Å². The van der Waals surface area contributed by atoms with Gasteiger partial charge in [-0.3, -0.25) is 9.59 Å². The van der Waals surface area contributed by atoms with E-state index in [1.165, 1.54) is 28.7 Å². The minimum atomic E-state index is -0.675. The van der Waals surface area contributed by atoms with Gasteiger partial charge in [0.15, 0.2) is 4.34 Å². The number of thioether (sulfide) groups is 1. The van der Waals surface area contributed by atoms with E-state index in [1.807, 2.05) is 12.1 Å². The number of nitrogens with zero attached hydrogens (tertiary/aromatic N) is 1. The average molecular weight is 323 g/mol. The SMILES string of the molecule is CC(C)c1cccc2sc(SC(CC(N)=O)C(N)=O)nc12. The molecule has 4 N–H and O–H groups in total. The fraction of sp³-hybridized carbons (Fsp3) is 0.357. The summed E-state index contributed by atoms with van der Waals surface area (Å²) in [4.78, 5) is 27.0. The molecule has 0 fully saturated rings. The number of fused-ring (bicyclic) bond motifs is 1. The number of benzene rings is 1. The highest BCUT2D eigenvalue weighted by atomic mass is 32.2. The Bertz CT molecular complexity index is 682. The molecule has 0 aliphatic rings. The van der Waals surface area contributed by atoms with E-state index in [1.54, 1.807) is 0 Å². The van der Waals surface area contributed by atoms with Crippen LogP contribution in [0.3, 0.4) is 0 Å². The van der Waals surface area contributed by atoms with Gasteiger partial charge in [-0.25, -0.2) is 4.98 Å². The maximum absolute atomic E-state index is 11.4. The van der Waals surface area contributed by atoms with E-state index in [4.69, 9.17) is 11.5 Å². The normalized spacial score (nSPS) is 12.7. The van der Waals surface area contributed by atoms with Crippen LogP contribution in [0.1, 0.15) is 31.7 Å². The summed E-state index contributed by atoms with van der Waals surface area (Å²) >= 11 is 2.70. The van der Waals surface area contributed by atoms with Gasteiger partial charge in [-0.15, -0.1) is 11.3 Å². The standard InChI is InChI=1S/C14H17N3O2S2/c1-7(2)8-4-3-5-9-12(8)17-14(20-9)21-10(13(16)19)6-11(15)18/h3-5,7,10H,6H2,1-2H3,(H2,15,18)(H2,16,19). The van der Waals surface area contributed by atoms with Gasteiger partial charge in [0.1, 0.15) is 0 Å². The van der Waals surface area contributed by atoms with Crippen molar-refractivity contribution < 1.29 is 9.59 Å².